The van der Waals surface area contributed by atoms with E-state index in [9.17, 15) is 9.18 Å². The highest BCUT2D eigenvalue weighted by atomic mass is 19.1. The van der Waals surface area contributed by atoms with Gasteiger partial charge in [-0.1, -0.05) is 6.07 Å². The van der Waals surface area contributed by atoms with Crippen molar-refractivity contribution in [3.05, 3.63) is 35.1 Å². The number of carbonyl (C=O) groups is 1. The molecule has 1 rings (SSSR count). The van der Waals surface area contributed by atoms with Crippen LogP contribution in [-0.4, -0.2) is 39.4 Å². The van der Waals surface area contributed by atoms with Crippen molar-refractivity contribution in [2.24, 2.45) is 5.73 Å². The predicted octanol–water partition coefficient (Wildman–Crippen LogP) is 1.07. The Hall–Kier alpha value is -1.50. The van der Waals surface area contributed by atoms with Crippen LogP contribution in [-0.2, 0) is 16.0 Å². The van der Waals surface area contributed by atoms with Gasteiger partial charge in [0.15, 0.2) is 0 Å². The van der Waals surface area contributed by atoms with Crippen LogP contribution in [0, 0.1) is 5.82 Å². The van der Waals surface area contributed by atoms with Crippen LogP contribution in [0.25, 0.3) is 0 Å². The van der Waals surface area contributed by atoms with Crippen LogP contribution in [0.1, 0.15) is 22.3 Å². The second-order valence-corrected chi connectivity index (χ2v) is 4.31. The summed E-state index contributed by atoms with van der Waals surface area (Å²) in [6.45, 7) is 2.94. The van der Waals surface area contributed by atoms with Gasteiger partial charge in [-0.25, -0.2) is 4.39 Å². The average Bonchev–Trinajstić information content (AvgIpc) is 2.43. The molecule has 5 nitrogen and oxygen atoms in total. The Morgan fingerprint density at radius 2 is 2.15 bits per heavy atom. The number of hydrogen-bond donors (Lipinski definition) is 2. The first-order valence-electron chi connectivity index (χ1n) is 6.50. The molecule has 0 heterocycles. The lowest BCUT2D eigenvalue weighted by molar-refractivity contribution is 0.0694. The molecule has 0 aliphatic carbocycles. The van der Waals surface area contributed by atoms with Crippen LogP contribution in [0.3, 0.4) is 0 Å². The quantitative estimate of drug-likeness (QED) is 0.630. The molecular weight excluding hydrogens is 263 g/mol. The van der Waals surface area contributed by atoms with Gasteiger partial charge in [0.2, 0.25) is 5.91 Å². The van der Waals surface area contributed by atoms with E-state index < -0.39 is 11.7 Å². The second kappa shape index (κ2) is 9.41. The third-order valence-electron chi connectivity index (χ3n) is 2.73. The first kappa shape index (κ1) is 16.6. The molecule has 0 saturated carbocycles. The molecule has 0 fully saturated rings. The predicted molar refractivity (Wildman–Crippen MR) is 73.9 cm³/mol. The summed E-state index contributed by atoms with van der Waals surface area (Å²) in [6, 6.07) is 4.25. The van der Waals surface area contributed by atoms with Gasteiger partial charge in [0.1, 0.15) is 5.82 Å². The number of rotatable bonds is 10. The number of methoxy groups -OCH3 is 1. The van der Waals surface area contributed by atoms with Gasteiger partial charge in [0.05, 0.1) is 13.2 Å². The standard InChI is InChI=1S/C14H21FN2O3/c1-19-7-8-20-6-2-5-17-10-12-4-3-11(14(16)18)9-13(12)15/h3-4,9,17H,2,5-8,10H2,1H3,(H2,16,18). The SMILES string of the molecule is COCCOCCCNCc1ccc(C(N)=O)cc1F. The highest BCUT2D eigenvalue weighted by molar-refractivity contribution is 5.92. The van der Waals surface area contributed by atoms with Gasteiger partial charge in [-0.2, -0.15) is 0 Å². The van der Waals surface area contributed by atoms with Crippen molar-refractivity contribution in [1.82, 2.24) is 5.32 Å². The molecule has 0 spiro atoms. The fourth-order valence-electron chi connectivity index (χ4n) is 1.61. The summed E-state index contributed by atoms with van der Waals surface area (Å²) in [6.07, 6.45) is 0.838. The first-order chi connectivity index (χ1) is 9.65. The van der Waals surface area contributed by atoms with E-state index in [1.54, 1.807) is 13.2 Å². The number of nitrogens with two attached hydrogens (primary N) is 1. The Labute approximate surface area is 118 Å². The van der Waals surface area contributed by atoms with Gasteiger partial charge in [-0.15, -0.1) is 0 Å². The summed E-state index contributed by atoms with van der Waals surface area (Å²) in [4.78, 5) is 10.9. The van der Waals surface area contributed by atoms with Crippen molar-refractivity contribution in [3.8, 4) is 0 Å². The zero-order valence-corrected chi connectivity index (χ0v) is 11.7. The van der Waals surface area contributed by atoms with E-state index in [-0.39, 0.29) is 5.56 Å². The summed E-state index contributed by atoms with van der Waals surface area (Å²) in [7, 11) is 1.63. The monoisotopic (exact) mass is 284 g/mol. The lowest BCUT2D eigenvalue weighted by Crippen LogP contribution is -2.18. The normalized spacial score (nSPS) is 10.7. The van der Waals surface area contributed by atoms with E-state index in [0.717, 1.165) is 19.0 Å². The summed E-state index contributed by atoms with van der Waals surface area (Å²) in [5, 5.41) is 3.11. The maximum Gasteiger partial charge on any atom is 0.248 e. The van der Waals surface area contributed by atoms with Crippen LogP contribution < -0.4 is 11.1 Å². The topological polar surface area (TPSA) is 73.6 Å². The number of ether oxygens (including phenoxy) is 2. The molecule has 0 bridgehead atoms. The van der Waals surface area contributed by atoms with Crippen molar-refractivity contribution in [2.75, 3.05) is 33.5 Å². The van der Waals surface area contributed by atoms with Crippen molar-refractivity contribution in [3.63, 3.8) is 0 Å². The van der Waals surface area contributed by atoms with Gasteiger partial charge in [0, 0.05) is 31.4 Å². The van der Waals surface area contributed by atoms with Gasteiger partial charge in [-0.3, -0.25) is 4.79 Å². The van der Waals surface area contributed by atoms with E-state index >= 15 is 0 Å². The average molecular weight is 284 g/mol. The molecule has 1 aromatic rings. The summed E-state index contributed by atoms with van der Waals surface area (Å²) in [5.41, 5.74) is 5.77. The van der Waals surface area contributed by atoms with Gasteiger partial charge >= 0.3 is 0 Å². The number of benzene rings is 1. The third kappa shape index (κ3) is 6.10. The highest BCUT2D eigenvalue weighted by Gasteiger charge is 2.06. The summed E-state index contributed by atoms with van der Waals surface area (Å²) >= 11 is 0. The largest absolute Gasteiger partial charge is 0.382 e. The van der Waals surface area contributed by atoms with Gasteiger partial charge in [0.25, 0.3) is 0 Å². The number of primary amides is 1. The van der Waals surface area contributed by atoms with Crippen LogP contribution >= 0.6 is 0 Å². The lowest BCUT2D eigenvalue weighted by atomic mass is 10.1. The van der Waals surface area contributed by atoms with Gasteiger partial charge in [-0.05, 0) is 25.1 Å². The van der Waals surface area contributed by atoms with Crippen molar-refractivity contribution < 1.29 is 18.7 Å². The Morgan fingerprint density at radius 1 is 1.35 bits per heavy atom. The smallest absolute Gasteiger partial charge is 0.248 e. The Morgan fingerprint density at radius 3 is 2.80 bits per heavy atom. The first-order valence-corrected chi connectivity index (χ1v) is 6.50. The van der Waals surface area contributed by atoms with Gasteiger partial charge < -0.3 is 20.5 Å². The molecule has 20 heavy (non-hydrogen) atoms. The molecule has 0 aliphatic rings. The minimum absolute atomic E-state index is 0.179. The third-order valence-corrected chi connectivity index (χ3v) is 2.73. The number of hydrogen-bond acceptors (Lipinski definition) is 4. The lowest BCUT2D eigenvalue weighted by Gasteiger charge is -2.07. The van der Waals surface area contributed by atoms with E-state index in [1.165, 1.54) is 6.07 Å². The van der Waals surface area contributed by atoms with E-state index in [0.29, 0.717) is 31.9 Å². The number of amides is 1. The second-order valence-electron chi connectivity index (χ2n) is 4.31. The van der Waals surface area contributed by atoms with Crippen LogP contribution in [0.2, 0.25) is 0 Å². The molecule has 3 N–H and O–H groups in total. The zero-order valence-electron chi connectivity index (χ0n) is 11.7. The summed E-state index contributed by atoms with van der Waals surface area (Å²) < 4.78 is 23.8. The molecule has 0 aliphatic heterocycles. The van der Waals surface area contributed by atoms with Crippen LogP contribution in [0.4, 0.5) is 4.39 Å². The maximum atomic E-state index is 13.6. The minimum Gasteiger partial charge on any atom is -0.382 e. The van der Waals surface area contributed by atoms with Crippen LogP contribution in [0.5, 0.6) is 0 Å². The molecule has 0 saturated heterocycles. The molecule has 6 heteroatoms. The highest BCUT2D eigenvalue weighted by Crippen LogP contribution is 2.10. The molecule has 0 unspecified atom stereocenters. The number of nitrogens with one attached hydrogen (secondary N) is 1. The minimum atomic E-state index is -0.628. The molecule has 0 radical (unpaired) electrons. The number of halogens is 1. The number of carbonyl (C=O) groups excluding carboxylic acids is 1. The van der Waals surface area contributed by atoms with Crippen LogP contribution in [0.15, 0.2) is 18.2 Å². The Balaban J connectivity index is 2.20. The molecule has 1 amide bonds. The van der Waals surface area contributed by atoms with E-state index in [1.807, 2.05) is 0 Å². The maximum absolute atomic E-state index is 13.6. The molecule has 1 aromatic carbocycles. The van der Waals surface area contributed by atoms with Crippen molar-refractivity contribution in [2.45, 2.75) is 13.0 Å². The molecule has 0 aromatic heterocycles. The summed E-state index contributed by atoms with van der Waals surface area (Å²) in [5.74, 6) is -1.05. The van der Waals surface area contributed by atoms with Crippen molar-refractivity contribution >= 4 is 5.91 Å². The van der Waals surface area contributed by atoms with E-state index in [4.69, 9.17) is 15.2 Å². The Kier molecular flexibility index (Phi) is 7.79. The molecular formula is C14H21FN2O3. The molecule has 0 atom stereocenters. The fourth-order valence-corrected chi connectivity index (χ4v) is 1.61. The Bertz CT molecular complexity index is 427. The van der Waals surface area contributed by atoms with E-state index in [2.05, 4.69) is 5.32 Å². The molecule has 112 valence electrons. The zero-order chi connectivity index (χ0) is 14.8. The fraction of sp³-hybridized carbons (Fsp3) is 0.500. The van der Waals surface area contributed by atoms with Crippen molar-refractivity contribution in [1.29, 1.82) is 0 Å².